The van der Waals surface area contributed by atoms with Crippen LogP contribution in [0.1, 0.15) is 17.3 Å². The van der Waals surface area contributed by atoms with Crippen molar-refractivity contribution in [1.29, 1.82) is 0 Å². The van der Waals surface area contributed by atoms with Crippen LogP contribution in [0.3, 0.4) is 0 Å². The first-order valence-corrected chi connectivity index (χ1v) is 5.37. The molecule has 0 unspecified atom stereocenters. The average Bonchev–Trinajstić information content (AvgIpc) is 2.35. The van der Waals surface area contributed by atoms with Crippen LogP contribution in [-0.2, 0) is 9.47 Å². The number of ether oxygens (including phenoxy) is 3. The molecule has 1 aromatic rings. The lowest BCUT2D eigenvalue weighted by Crippen LogP contribution is -2.11. The Morgan fingerprint density at radius 3 is 2.76 bits per heavy atom. The van der Waals surface area contributed by atoms with Crippen molar-refractivity contribution in [3.05, 3.63) is 23.8 Å². The van der Waals surface area contributed by atoms with Crippen molar-refractivity contribution < 1.29 is 19.0 Å². The summed E-state index contributed by atoms with van der Waals surface area (Å²) in [5, 5.41) is 0. The van der Waals surface area contributed by atoms with Gasteiger partial charge in [-0.1, -0.05) is 0 Å². The van der Waals surface area contributed by atoms with Crippen LogP contribution < -0.4 is 10.5 Å². The maximum atomic E-state index is 11.6. The molecule has 1 rings (SSSR count). The third kappa shape index (κ3) is 3.96. The Labute approximate surface area is 100 Å². The maximum Gasteiger partial charge on any atom is 0.338 e. The minimum absolute atomic E-state index is 0.235. The van der Waals surface area contributed by atoms with E-state index < -0.39 is 5.97 Å². The molecule has 5 nitrogen and oxygen atoms in total. The van der Waals surface area contributed by atoms with Gasteiger partial charge in [0.05, 0.1) is 25.0 Å². The molecule has 0 aromatic heterocycles. The fraction of sp³-hybridized carbons (Fsp3) is 0.417. The molecule has 0 aliphatic heterocycles. The minimum Gasteiger partial charge on any atom is -0.495 e. The van der Waals surface area contributed by atoms with Gasteiger partial charge in [-0.2, -0.15) is 0 Å². The summed E-state index contributed by atoms with van der Waals surface area (Å²) < 4.78 is 15.1. The molecular formula is C12H17NO4. The van der Waals surface area contributed by atoms with Crippen LogP contribution in [-0.4, -0.2) is 32.9 Å². The van der Waals surface area contributed by atoms with Crippen molar-refractivity contribution in [1.82, 2.24) is 0 Å². The number of benzene rings is 1. The van der Waals surface area contributed by atoms with E-state index >= 15 is 0 Å². The number of carbonyl (C=O) groups excluding carboxylic acids is 1. The maximum absolute atomic E-state index is 11.6. The molecule has 17 heavy (non-hydrogen) atoms. The number of rotatable bonds is 6. The van der Waals surface area contributed by atoms with Crippen molar-refractivity contribution in [2.75, 3.05) is 32.7 Å². The van der Waals surface area contributed by atoms with E-state index in [2.05, 4.69) is 0 Å². The van der Waals surface area contributed by atoms with Gasteiger partial charge in [0.2, 0.25) is 0 Å². The van der Waals surface area contributed by atoms with Gasteiger partial charge in [0.25, 0.3) is 0 Å². The van der Waals surface area contributed by atoms with Gasteiger partial charge in [-0.25, -0.2) is 4.79 Å². The Bertz CT molecular complexity index is 379. The summed E-state index contributed by atoms with van der Waals surface area (Å²) in [4.78, 5) is 11.6. The highest BCUT2D eigenvalue weighted by atomic mass is 16.6. The topological polar surface area (TPSA) is 70.8 Å². The van der Waals surface area contributed by atoms with E-state index in [1.807, 2.05) is 6.92 Å². The zero-order valence-corrected chi connectivity index (χ0v) is 10.1. The second-order valence-electron chi connectivity index (χ2n) is 3.29. The van der Waals surface area contributed by atoms with Crippen molar-refractivity contribution >= 4 is 11.7 Å². The summed E-state index contributed by atoms with van der Waals surface area (Å²) in [6.45, 7) is 3.12. The number of methoxy groups -OCH3 is 1. The van der Waals surface area contributed by atoms with Crippen molar-refractivity contribution in [3.8, 4) is 5.75 Å². The van der Waals surface area contributed by atoms with Crippen molar-refractivity contribution in [2.45, 2.75) is 6.92 Å². The van der Waals surface area contributed by atoms with Gasteiger partial charge in [0, 0.05) is 6.61 Å². The number of hydrogen-bond acceptors (Lipinski definition) is 5. The molecule has 0 saturated carbocycles. The van der Waals surface area contributed by atoms with E-state index in [1.54, 1.807) is 18.2 Å². The monoisotopic (exact) mass is 239 g/mol. The van der Waals surface area contributed by atoms with E-state index in [0.717, 1.165) is 0 Å². The number of esters is 1. The molecule has 1 aromatic carbocycles. The standard InChI is InChI=1S/C12H17NO4/c1-3-16-6-7-17-12(14)9-4-5-10(13)11(8-9)15-2/h4-5,8H,3,6-7,13H2,1-2H3. The largest absolute Gasteiger partial charge is 0.495 e. The number of anilines is 1. The zero-order valence-electron chi connectivity index (χ0n) is 10.1. The minimum atomic E-state index is -0.414. The highest BCUT2D eigenvalue weighted by molar-refractivity contribution is 5.90. The van der Waals surface area contributed by atoms with Crippen LogP contribution >= 0.6 is 0 Å². The van der Waals surface area contributed by atoms with E-state index in [1.165, 1.54) is 7.11 Å². The normalized spacial score (nSPS) is 10.0. The highest BCUT2D eigenvalue weighted by Gasteiger charge is 2.09. The second-order valence-corrected chi connectivity index (χ2v) is 3.29. The first-order valence-electron chi connectivity index (χ1n) is 5.37. The Kier molecular flexibility index (Phi) is 5.29. The molecule has 2 N–H and O–H groups in total. The van der Waals surface area contributed by atoms with E-state index in [4.69, 9.17) is 19.9 Å². The third-order valence-electron chi connectivity index (χ3n) is 2.13. The molecule has 0 radical (unpaired) electrons. The molecule has 0 atom stereocenters. The number of nitrogen functional groups attached to an aromatic ring is 1. The van der Waals surface area contributed by atoms with Crippen molar-refractivity contribution in [3.63, 3.8) is 0 Å². The van der Waals surface area contributed by atoms with Gasteiger partial charge in [-0.15, -0.1) is 0 Å². The predicted molar refractivity (Wildman–Crippen MR) is 64.2 cm³/mol. The summed E-state index contributed by atoms with van der Waals surface area (Å²) in [6.07, 6.45) is 0. The van der Waals surface area contributed by atoms with Crippen LogP contribution in [0.15, 0.2) is 18.2 Å². The molecule has 0 heterocycles. The smallest absolute Gasteiger partial charge is 0.338 e. The molecule has 0 spiro atoms. The lowest BCUT2D eigenvalue weighted by Gasteiger charge is -2.08. The van der Waals surface area contributed by atoms with Gasteiger partial charge >= 0.3 is 5.97 Å². The Balaban J connectivity index is 2.57. The summed E-state index contributed by atoms with van der Waals surface area (Å²) in [7, 11) is 1.50. The van der Waals surface area contributed by atoms with Crippen LogP contribution in [0, 0.1) is 0 Å². The fourth-order valence-electron chi connectivity index (χ4n) is 1.26. The lowest BCUT2D eigenvalue weighted by molar-refractivity contribution is 0.0335. The summed E-state index contributed by atoms with van der Waals surface area (Å²) in [5.41, 5.74) is 6.54. The number of hydrogen-bond donors (Lipinski definition) is 1. The molecular weight excluding hydrogens is 222 g/mol. The molecule has 0 amide bonds. The average molecular weight is 239 g/mol. The fourth-order valence-corrected chi connectivity index (χ4v) is 1.26. The van der Waals surface area contributed by atoms with E-state index in [9.17, 15) is 4.79 Å². The van der Waals surface area contributed by atoms with Gasteiger partial charge in [0.15, 0.2) is 0 Å². The van der Waals surface area contributed by atoms with Gasteiger partial charge in [-0.05, 0) is 25.1 Å². The molecule has 0 fully saturated rings. The van der Waals surface area contributed by atoms with E-state index in [-0.39, 0.29) is 6.61 Å². The molecule has 94 valence electrons. The predicted octanol–water partition coefficient (Wildman–Crippen LogP) is 1.47. The molecule has 0 aliphatic carbocycles. The quantitative estimate of drug-likeness (QED) is 0.462. The summed E-state index contributed by atoms with van der Waals surface area (Å²) in [5.74, 6) is 0.0484. The van der Waals surface area contributed by atoms with Crippen LogP contribution in [0.5, 0.6) is 5.75 Å². The highest BCUT2D eigenvalue weighted by Crippen LogP contribution is 2.22. The SMILES string of the molecule is CCOCCOC(=O)c1ccc(N)c(OC)c1. The van der Waals surface area contributed by atoms with Crippen LogP contribution in [0.2, 0.25) is 0 Å². The number of nitrogens with two attached hydrogens (primary N) is 1. The van der Waals surface area contributed by atoms with Crippen molar-refractivity contribution in [2.24, 2.45) is 0 Å². The molecule has 0 bridgehead atoms. The zero-order chi connectivity index (χ0) is 12.7. The molecule has 5 heteroatoms. The van der Waals surface area contributed by atoms with Crippen LogP contribution in [0.25, 0.3) is 0 Å². The Morgan fingerprint density at radius 2 is 2.12 bits per heavy atom. The van der Waals surface area contributed by atoms with Gasteiger partial charge in [0.1, 0.15) is 12.4 Å². The first-order chi connectivity index (χ1) is 8.19. The third-order valence-corrected chi connectivity index (χ3v) is 2.13. The molecule has 0 saturated heterocycles. The Morgan fingerprint density at radius 1 is 1.35 bits per heavy atom. The van der Waals surface area contributed by atoms with E-state index in [0.29, 0.717) is 30.2 Å². The van der Waals surface area contributed by atoms with Crippen LogP contribution in [0.4, 0.5) is 5.69 Å². The van der Waals surface area contributed by atoms with Gasteiger partial charge in [-0.3, -0.25) is 0 Å². The lowest BCUT2D eigenvalue weighted by atomic mass is 10.2. The van der Waals surface area contributed by atoms with Gasteiger partial charge < -0.3 is 19.9 Å². The summed E-state index contributed by atoms with van der Waals surface area (Å²) >= 11 is 0. The molecule has 0 aliphatic rings. The Hall–Kier alpha value is -1.75. The number of carbonyl (C=O) groups is 1. The first kappa shape index (κ1) is 13.3. The second kappa shape index (κ2) is 6.75. The summed E-state index contributed by atoms with van der Waals surface area (Å²) in [6, 6.07) is 4.76.